The fourth-order valence-electron chi connectivity index (χ4n) is 2.38. The Bertz CT molecular complexity index is 660. The molecule has 0 radical (unpaired) electrons. The van der Waals surface area contributed by atoms with Gasteiger partial charge in [0.05, 0.1) is 0 Å². The van der Waals surface area contributed by atoms with Crippen LogP contribution in [-0.2, 0) is 21.8 Å². The molecule has 2 aromatic heterocycles. The summed E-state index contributed by atoms with van der Waals surface area (Å²) in [6.45, 7) is 8.08. The first kappa shape index (κ1) is 14.0. The van der Waals surface area contributed by atoms with Gasteiger partial charge in [-0.15, -0.1) is 0 Å². The van der Waals surface area contributed by atoms with E-state index in [-0.39, 0.29) is 6.04 Å². The predicted octanol–water partition coefficient (Wildman–Crippen LogP) is 1.81. The normalized spacial score (nSPS) is 10.9. The van der Waals surface area contributed by atoms with Crippen molar-refractivity contribution in [3.63, 3.8) is 0 Å². The number of fused-ring (bicyclic) bond motifs is 1. The molecule has 2 heterocycles. The molecule has 0 aromatic carbocycles. The van der Waals surface area contributed by atoms with Crippen molar-refractivity contribution in [3.8, 4) is 0 Å². The maximum absolute atomic E-state index is 10.6. The number of nitrogens with one attached hydrogen (secondary N) is 1. The van der Waals surface area contributed by atoms with E-state index < -0.39 is 0 Å². The number of carbonyl (C=O) groups excluding carboxylic acids is 1. The van der Waals surface area contributed by atoms with Gasteiger partial charge in [0.25, 0.3) is 0 Å². The molecule has 2 aromatic rings. The van der Waals surface area contributed by atoms with Gasteiger partial charge in [0.2, 0.25) is 0 Å². The van der Waals surface area contributed by atoms with Crippen molar-refractivity contribution < 1.29 is 21.8 Å². The Labute approximate surface area is 120 Å². The summed E-state index contributed by atoms with van der Waals surface area (Å²) in [6, 6.07) is 0.283. The first-order valence-electron chi connectivity index (χ1n) is 6.01. The molecule has 99 valence electrons. The molecule has 1 amide bonds. The summed E-state index contributed by atoms with van der Waals surface area (Å²) in [4.78, 5) is 19.4. The molecule has 0 unspecified atom stereocenters. The number of hydrogen-bond acceptors (Lipinski definition) is 3. The summed E-state index contributed by atoms with van der Waals surface area (Å²) in [5.74, 6) is 1.14. The van der Waals surface area contributed by atoms with Crippen LogP contribution in [0, 0.1) is 13.8 Å². The number of anilines is 1. The number of rotatable bonds is 4. The second kappa shape index (κ2) is 5.27. The summed E-state index contributed by atoms with van der Waals surface area (Å²) < 4.78 is 4.11. The Balaban J connectivity index is 2.96. The van der Waals surface area contributed by atoms with E-state index in [1.165, 1.54) is 0 Å². The summed E-state index contributed by atoms with van der Waals surface area (Å²) in [6.07, 6.45) is 1.69. The van der Waals surface area contributed by atoms with E-state index in [0.717, 1.165) is 22.3 Å². The van der Waals surface area contributed by atoms with Crippen LogP contribution in [0.5, 0.6) is 0 Å². The van der Waals surface area contributed by atoms with Crippen LogP contribution in [-0.4, -0.2) is 25.7 Å². The number of aryl methyl sites for hydroxylation is 1. The van der Waals surface area contributed by atoms with Gasteiger partial charge in [0.1, 0.15) is 0 Å². The first-order valence-corrected chi connectivity index (χ1v) is 6.81. The third kappa shape index (κ3) is 2.24. The third-order valence-corrected chi connectivity index (χ3v) is 3.47. The molecule has 0 spiro atoms. The van der Waals surface area contributed by atoms with E-state index in [1.807, 2.05) is 18.6 Å². The van der Waals surface area contributed by atoms with Gasteiger partial charge in [-0.05, 0) is 0 Å². The molecule has 0 bridgehead atoms. The first-order chi connectivity index (χ1) is 9.01. The fourth-order valence-corrected chi connectivity index (χ4v) is 2.87. The third-order valence-electron chi connectivity index (χ3n) is 3.07. The Morgan fingerprint density at radius 3 is 2.58 bits per heavy atom. The number of nitrogens with zero attached hydrogens (tertiary/aromatic N) is 3. The monoisotopic (exact) mass is 294 g/mol. The van der Waals surface area contributed by atoms with Crippen LogP contribution in [0.4, 0.5) is 5.82 Å². The van der Waals surface area contributed by atoms with E-state index in [9.17, 15) is 4.79 Å². The molecular formula is C13H15N4OV-. The average Bonchev–Trinajstić information content (AvgIpc) is 2.61. The van der Waals surface area contributed by atoms with E-state index in [4.69, 9.17) is 0 Å². The van der Waals surface area contributed by atoms with Crippen molar-refractivity contribution >= 4 is 28.0 Å². The van der Waals surface area contributed by atoms with Crippen molar-refractivity contribution in [1.29, 1.82) is 0 Å². The molecule has 2 rings (SSSR count). The quantitative estimate of drug-likeness (QED) is 0.691. The molecule has 0 saturated carbocycles. The van der Waals surface area contributed by atoms with Crippen molar-refractivity contribution in [2.75, 3.05) is 5.32 Å². The Kier molecular flexibility index (Phi) is 3.87. The molecule has 0 fully saturated rings. The van der Waals surface area contributed by atoms with Gasteiger partial charge in [-0.2, -0.15) is 0 Å². The zero-order chi connectivity index (χ0) is 14.2. The van der Waals surface area contributed by atoms with Crippen molar-refractivity contribution in [1.82, 2.24) is 14.5 Å². The number of aromatic nitrogens is 3. The molecule has 5 nitrogen and oxygen atoms in total. The molecular weight excluding hydrogens is 279 g/mol. The van der Waals surface area contributed by atoms with Gasteiger partial charge < -0.3 is 0 Å². The summed E-state index contributed by atoms with van der Waals surface area (Å²) >= 11 is 2.44. The van der Waals surface area contributed by atoms with Gasteiger partial charge >= 0.3 is 120 Å². The number of hydrogen-bond donors (Lipinski definition) is 1. The molecule has 0 aliphatic carbocycles. The number of amides is 1. The summed E-state index contributed by atoms with van der Waals surface area (Å²) in [7, 11) is 0. The summed E-state index contributed by atoms with van der Waals surface area (Å²) in [5.41, 5.74) is 2.98. The minimum atomic E-state index is 0.283. The van der Waals surface area contributed by atoms with Crippen LogP contribution >= 0.6 is 0 Å². The minimum absolute atomic E-state index is 0.283. The maximum atomic E-state index is 10.6. The Morgan fingerprint density at radius 2 is 2.05 bits per heavy atom. The van der Waals surface area contributed by atoms with Gasteiger partial charge in [0.15, 0.2) is 0 Å². The van der Waals surface area contributed by atoms with Gasteiger partial charge in [-0.1, -0.05) is 0 Å². The van der Waals surface area contributed by atoms with Crippen LogP contribution in [0.3, 0.4) is 0 Å². The van der Waals surface area contributed by atoms with Crippen LogP contribution in [0.15, 0.2) is 0 Å². The van der Waals surface area contributed by atoms with Gasteiger partial charge in [-0.25, -0.2) is 0 Å². The van der Waals surface area contributed by atoms with E-state index >= 15 is 0 Å². The van der Waals surface area contributed by atoms with Crippen molar-refractivity contribution in [2.45, 2.75) is 33.7 Å². The molecule has 6 heteroatoms. The van der Waals surface area contributed by atoms with Crippen LogP contribution < -0.4 is 5.32 Å². The Hall–Kier alpha value is -1.46. The predicted molar refractivity (Wildman–Crippen MR) is 71.9 cm³/mol. The fraction of sp³-hybridized carbons (Fsp3) is 0.385. The van der Waals surface area contributed by atoms with Crippen LogP contribution in [0.1, 0.15) is 37.0 Å². The SMILES string of the molecule is Cc1nc(N[C-]=O)c2c([CH]=[V])c(C)n(C(C)C)c2n1. The second-order valence-corrected chi connectivity index (χ2v) is 5.04. The zero-order valence-electron chi connectivity index (χ0n) is 11.4. The van der Waals surface area contributed by atoms with Crippen molar-refractivity contribution in [3.05, 3.63) is 17.1 Å². The summed E-state index contributed by atoms with van der Waals surface area (Å²) in [5, 5.41) is 3.41. The Morgan fingerprint density at radius 1 is 1.37 bits per heavy atom. The molecule has 0 saturated heterocycles. The second-order valence-electron chi connectivity index (χ2n) is 4.64. The standard InChI is InChI=1S/C13H15N4O.V/c1-7(2)17-9(4)8(3)11-12(14-6-18)15-10(5)16-13(11)17;/h3,7H,1-2,4-5H3,(H,14,15,16,18);/q-1;. The van der Waals surface area contributed by atoms with Crippen LogP contribution in [0.2, 0.25) is 0 Å². The van der Waals surface area contributed by atoms with Crippen LogP contribution in [0.25, 0.3) is 11.0 Å². The van der Waals surface area contributed by atoms with E-state index in [1.54, 1.807) is 6.41 Å². The molecule has 1 N–H and O–H groups in total. The molecule has 0 aliphatic heterocycles. The van der Waals surface area contributed by atoms with E-state index in [0.29, 0.717) is 11.6 Å². The zero-order valence-corrected chi connectivity index (χ0v) is 12.7. The molecule has 0 aliphatic rings. The topological polar surface area (TPSA) is 59.8 Å². The molecule has 0 atom stereocenters. The van der Waals surface area contributed by atoms with Gasteiger partial charge in [0, 0.05) is 0 Å². The molecule has 19 heavy (non-hydrogen) atoms. The van der Waals surface area contributed by atoms with Crippen molar-refractivity contribution in [2.24, 2.45) is 0 Å². The van der Waals surface area contributed by atoms with E-state index in [2.05, 4.69) is 50.7 Å². The van der Waals surface area contributed by atoms with Gasteiger partial charge in [-0.3, -0.25) is 0 Å². The average molecular weight is 294 g/mol.